The van der Waals surface area contributed by atoms with Crippen molar-refractivity contribution in [2.45, 2.75) is 45.4 Å². The maximum absolute atomic E-state index is 11.6. The van der Waals surface area contributed by atoms with Crippen LogP contribution in [0, 0.1) is 5.92 Å². The minimum Gasteiger partial charge on any atom is -0.465 e. The van der Waals surface area contributed by atoms with E-state index in [-0.39, 0.29) is 11.8 Å². The van der Waals surface area contributed by atoms with Gasteiger partial charge in [0.05, 0.1) is 6.61 Å². The van der Waals surface area contributed by atoms with Gasteiger partial charge in [0.25, 0.3) is 0 Å². The maximum Gasteiger partial charge on any atom is 0.316 e. The molecule has 0 aliphatic heterocycles. The highest BCUT2D eigenvalue weighted by atomic mass is 16.5. The average Bonchev–Trinajstić information content (AvgIpc) is 2.12. The van der Waals surface area contributed by atoms with E-state index >= 15 is 0 Å². The first-order chi connectivity index (χ1) is 6.75. The third-order valence-corrected chi connectivity index (χ3v) is 2.63. The molecule has 1 saturated carbocycles. The van der Waals surface area contributed by atoms with E-state index in [1.54, 1.807) is 6.92 Å². The third kappa shape index (κ3) is 3.13. The van der Waals surface area contributed by atoms with Crippen molar-refractivity contribution in [1.82, 2.24) is 0 Å². The zero-order chi connectivity index (χ0) is 10.4. The van der Waals surface area contributed by atoms with Crippen molar-refractivity contribution in [1.29, 1.82) is 0 Å². The lowest BCUT2D eigenvalue weighted by Crippen LogP contribution is -2.27. The van der Waals surface area contributed by atoms with E-state index in [2.05, 4.69) is 0 Å². The molecule has 0 aromatic rings. The minimum absolute atomic E-state index is 0.0724. The van der Waals surface area contributed by atoms with Gasteiger partial charge in [0.1, 0.15) is 11.7 Å². The lowest BCUT2D eigenvalue weighted by molar-refractivity contribution is -0.152. The Balaban J connectivity index is 2.52. The molecule has 0 bridgehead atoms. The summed E-state index contributed by atoms with van der Waals surface area (Å²) in [6, 6.07) is 0. The number of rotatable bonds is 2. The van der Waals surface area contributed by atoms with Crippen molar-refractivity contribution in [3.05, 3.63) is 0 Å². The molecule has 80 valence electrons. The van der Waals surface area contributed by atoms with Crippen molar-refractivity contribution in [2.75, 3.05) is 6.61 Å². The zero-order valence-corrected chi connectivity index (χ0v) is 8.75. The first-order valence-electron chi connectivity index (χ1n) is 5.45. The number of hydrogen-bond donors (Lipinski definition) is 0. The summed E-state index contributed by atoms with van der Waals surface area (Å²) in [4.78, 5) is 23.0. The van der Waals surface area contributed by atoms with Crippen LogP contribution in [-0.4, -0.2) is 18.4 Å². The zero-order valence-electron chi connectivity index (χ0n) is 8.75. The standard InChI is InChI=1S/C11H18O3/c1-2-14-11(13)9-7-5-3-4-6-8-10(9)12/h9H,2-8H2,1H3/t9-/m1/s1. The fourth-order valence-corrected chi connectivity index (χ4v) is 1.83. The molecule has 3 heteroatoms. The smallest absolute Gasteiger partial charge is 0.316 e. The van der Waals surface area contributed by atoms with E-state index in [4.69, 9.17) is 4.74 Å². The number of carbonyl (C=O) groups is 2. The van der Waals surface area contributed by atoms with Crippen LogP contribution in [0.5, 0.6) is 0 Å². The summed E-state index contributed by atoms with van der Waals surface area (Å²) in [5, 5.41) is 0. The van der Waals surface area contributed by atoms with Gasteiger partial charge >= 0.3 is 5.97 Å². The molecule has 0 spiro atoms. The maximum atomic E-state index is 11.6. The van der Waals surface area contributed by atoms with Gasteiger partial charge in [0, 0.05) is 6.42 Å². The first kappa shape index (κ1) is 11.2. The highest BCUT2D eigenvalue weighted by Gasteiger charge is 2.27. The van der Waals surface area contributed by atoms with E-state index in [0.717, 1.165) is 25.7 Å². The fourth-order valence-electron chi connectivity index (χ4n) is 1.83. The van der Waals surface area contributed by atoms with Crippen molar-refractivity contribution in [2.24, 2.45) is 5.92 Å². The Labute approximate surface area is 84.8 Å². The quantitative estimate of drug-likeness (QED) is 0.504. The van der Waals surface area contributed by atoms with E-state index in [1.165, 1.54) is 0 Å². The molecular weight excluding hydrogens is 180 g/mol. The molecule has 0 N–H and O–H groups in total. The van der Waals surface area contributed by atoms with Gasteiger partial charge in [-0.1, -0.05) is 19.3 Å². The Hall–Kier alpha value is -0.860. The Morgan fingerprint density at radius 3 is 2.79 bits per heavy atom. The fraction of sp³-hybridized carbons (Fsp3) is 0.818. The van der Waals surface area contributed by atoms with Gasteiger partial charge in [-0.15, -0.1) is 0 Å². The summed E-state index contributed by atoms with van der Waals surface area (Å²) in [5.74, 6) is -0.724. The monoisotopic (exact) mass is 198 g/mol. The van der Waals surface area contributed by atoms with Gasteiger partial charge in [-0.05, 0) is 19.8 Å². The van der Waals surface area contributed by atoms with Crippen LogP contribution in [0.15, 0.2) is 0 Å². The summed E-state index contributed by atoms with van der Waals surface area (Å²) >= 11 is 0. The van der Waals surface area contributed by atoms with Crippen LogP contribution in [0.1, 0.15) is 45.4 Å². The second-order valence-corrected chi connectivity index (χ2v) is 3.72. The van der Waals surface area contributed by atoms with Crippen molar-refractivity contribution >= 4 is 11.8 Å². The molecule has 1 rings (SSSR count). The number of Topliss-reactive ketones (excluding diaryl/α,β-unsaturated/α-hetero) is 1. The molecular formula is C11H18O3. The third-order valence-electron chi connectivity index (χ3n) is 2.63. The molecule has 14 heavy (non-hydrogen) atoms. The van der Waals surface area contributed by atoms with Gasteiger partial charge in [0.15, 0.2) is 0 Å². The number of ketones is 1. The van der Waals surface area contributed by atoms with Gasteiger partial charge in [-0.2, -0.15) is 0 Å². The normalized spacial score (nSPS) is 23.8. The molecule has 1 aliphatic rings. The minimum atomic E-state index is -0.477. The highest BCUT2D eigenvalue weighted by Crippen LogP contribution is 2.20. The second-order valence-electron chi connectivity index (χ2n) is 3.72. The van der Waals surface area contributed by atoms with Gasteiger partial charge < -0.3 is 4.74 Å². The van der Waals surface area contributed by atoms with Crippen LogP contribution in [0.25, 0.3) is 0 Å². The van der Waals surface area contributed by atoms with Crippen molar-refractivity contribution in [3.8, 4) is 0 Å². The van der Waals surface area contributed by atoms with Crippen LogP contribution in [-0.2, 0) is 14.3 Å². The summed E-state index contributed by atoms with van der Waals surface area (Å²) in [7, 11) is 0. The molecule has 3 nitrogen and oxygen atoms in total. The number of ether oxygens (including phenoxy) is 1. The van der Waals surface area contributed by atoms with Crippen molar-refractivity contribution < 1.29 is 14.3 Å². The lowest BCUT2D eigenvalue weighted by atomic mass is 9.90. The number of hydrogen-bond acceptors (Lipinski definition) is 3. The number of carbonyl (C=O) groups excluding carboxylic acids is 2. The van der Waals surface area contributed by atoms with Crippen LogP contribution < -0.4 is 0 Å². The molecule has 0 amide bonds. The van der Waals surface area contributed by atoms with Crippen LogP contribution in [0.2, 0.25) is 0 Å². The van der Waals surface area contributed by atoms with E-state index in [9.17, 15) is 9.59 Å². The summed E-state index contributed by atoms with van der Waals surface area (Å²) in [5.41, 5.74) is 0. The van der Waals surface area contributed by atoms with Gasteiger partial charge in [0.2, 0.25) is 0 Å². The van der Waals surface area contributed by atoms with Crippen molar-refractivity contribution in [3.63, 3.8) is 0 Å². The Morgan fingerprint density at radius 2 is 2.07 bits per heavy atom. The van der Waals surface area contributed by atoms with Gasteiger partial charge in [-0.3, -0.25) is 9.59 Å². The Morgan fingerprint density at radius 1 is 1.36 bits per heavy atom. The van der Waals surface area contributed by atoms with E-state index in [0.29, 0.717) is 19.4 Å². The number of esters is 1. The molecule has 1 aliphatic carbocycles. The predicted molar refractivity (Wildman–Crippen MR) is 52.8 cm³/mol. The Kier molecular flexibility index (Phi) is 4.63. The van der Waals surface area contributed by atoms with E-state index < -0.39 is 5.92 Å². The molecule has 1 fully saturated rings. The second kappa shape index (κ2) is 5.78. The molecule has 0 aromatic carbocycles. The van der Waals surface area contributed by atoms with Crippen LogP contribution in [0.3, 0.4) is 0 Å². The molecule has 0 unspecified atom stereocenters. The first-order valence-corrected chi connectivity index (χ1v) is 5.45. The lowest BCUT2D eigenvalue weighted by Gasteiger charge is -2.16. The molecule has 0 radical (unpaired) electrons. The predicted octanol–water partition coefficient (Wildman–Crippen LogP) is 2.09. The summed E-state index contributed by atoms with van der Waals surface area (Å²) < 4.78 is 4.89. The van der Waals surface area contributed by atoms with Gasteiger partial charge in [-0.25, -0.2) is 0 Å². The van der Waals surface area contributed by atoms with E-state index in [1.807, 2.05) is 0 Å². The van der Waals surface area contributed by atoms with Crippen LogP contribution >= 0.6 is 0 Å². The summed E-state index contributed by atoms with van der Waals surface area (Å²) in [6.07, 6.45) is 5.36. The SMILES string of the molecule is CCOC(=O)[C@@H]1CCCCCCC1=O. The molecule has 0 saturated heterocycles. The average molecular weight is 198 g/mol. The van der Waals surface area contributed by atoms with Crippen LogP contribution in [0.4, 0.5) is 0 Å². The largest absolute Gasteiger partial charge is 0.465 e. The highest BCUT2D eigenvalue weighted by molar-refractivity contribution is 5.98. The molecule has 1 atom stereocenters. The molecule has 0 aromatic heterocycles. The topological polar surface area (TPSA) is 43.4 Å². The molecule has 0 heterocycles. The summed E-state index contributed by atoms with van der Waals surface area (Å²) in [6.45, 7) is 2.13. The Bertz CT molecular complexity index is 203.